The van der Waals surface area contributed by atoms with Gasteiger partial charge in [0.05, 0.1) is 4.92 Å². The molecular weight excluding hydrogens is 274 g/mol. The minimum atomic E-state index is -0.849. The van der Waals surface area contributed by atoms with Crippen molar-refractivity contribution in [2.75, 3.05) is 0 Å². The average molecular weight is 287 g/mol. The molecule has 21 heavy (non-hydrogen) atoms. The predicted molar refractivity (Wildman–Crippen MR) is 75.6 cm³/mol. The number of Topliss-reactive ketones (excluding diaryl/α,β-unsaturated/α-hetero) is 1. The Labute approximate surface area is 120 Å². The smallest absolute Gasteiger partial charge is 0.315 e. The van der Waals surface area contributed by atoms with Crippen LogP contribution in [0.25, 0.3) is 0 Å². The van der Waals surface area contributed by atoms with E-state index in [0.29, 0.717) is 0 Å². The zero-order chi connectivity index (χ0) is 15.6. The van der Waals surface area contributed by atoms with Crippen molar-refractivity contribution in [3.8, 4) is 11.5 Å². The lowest BCUT2D eigenvalue weighted by atomic mass is 10.0. The first-order valence-electron chi connectivity index (χ1n) is 6.17. The van der Waals surface area contributed by atoms with E-state index in [0.717, 1.165) is 23.3 Å². The van der Waals surface area contributed by atoms with Crippen molar-refractivity contribution in [3.63, 3.8) is 0 Å². The number of nitrogens with zero attached hydrogens (tertiary/aromatic N) is 1. The molecule has 0 aliphatic heterocycles. The third-order valence-corrected chi connectivity index (χ3v) is 3.04. The van der Waals surface area contributed by atoms with Gasteiger partial charge in [0.15, 0.2) is 11.5 Å². The Kier molecular flexibility index (Phi) is 3.89. The summed E-state index contributed by atoms with van der Waals surface area (Å²) in [5.41, 5.74) is 1.07. The molecule has 0 atom stereocenters. The fourth-order valence-electron chi connectivity index (χ4n) is 2.01. The molecule has 0 aromatic heterocycles. The van der Waals surface area contributed by atoms with Gasteiger partial charge in [-0.1, -0.05) is 29.8 Å². The minimum Gasteiger partial charge on any atom is -0.504 e. The zero-order valence-electron chi connectivity index (χ0n) is 11.2. The number of carbonyl (C=O) groups is 1. The van der Waals surface area contributed by atoms with Gasteiger partial charge in [-0.15, -0.1) is 0 Å². The van der Waals surface area contributed by atoms with Crippen LogP contribution in [-0.2, 0) is 6.42 Å². The van der Waals surface area contributed by atoms with Crippen molar-refractivity contribution in [1.82, 2.24) is 0 Å². The number of ketones is 1. The van der Waals surface area contributed by atoms with E-state index in [9.17, 15) is 25.1 Å². The van der Waals surface area contributed by atoms with Crippen LogP contribution in [0.5, 0.6) is 11.5 Å². The first-order chi connectivity index (χ1) is 9.88. The summed E-state index contributed by atoms with van der Waals surface area (Å²) < 4.78 is 0. The molecule has 2 aromatic carbocycles. The van der Waals surface area contributed by atoms with Gasteiger partial charge in [0, 0.05) is 18.1 Å². The highest BCUT2D eigenvalue weighted by atomic mass is 16.6. The largest absolute Gasteiger partial charge is 0.504 e. The first-order valence-corrected chi connectivity index (χ1v) is 6.17. The summed E-state index contributed by atoms with van der Waals surface area (Å²) in [6.07, 6.45) is 0.0586. The lowest BCUT2D eigenvalue weighted by Gasteiger charge is -2.05. The molecule has 0 spiro atoms. The second-order valence-electron chi connectivity index (χ2n) is 4.71. The Morgan fingerprint density at radius 3 is 2.57 bits per heavy atom. The Hall–Kier alpha value is -2.89. The van der Waals surface area contributed by atoms with Crippen LogP contribution in [0.1, 0.15) is 21.5 Å². The first kappa shape index (κ1) is 14.5. The summed E-state index contributed by atoms with van der Waals surface area (Å²) in [5, 5.41) is 29.7. The van der Waals surface area contributed by atoms with Crippen LogP contribution in [0.3, 0.4) is 0 Å². The van der Waals surface area contributed by atoms with E-state index in [2.05, 4.69) is 0 Å². The summed E-state index contributed by atoms with van der Waals surface area (Å²) in [7, 11) is 0. The summed E-state index contributed by atoms with van der Waals surface area (Å²) in [6, 6.07) is 9.32. The molecule has 0 saturated heterocycles. The summed E-state index contributed by atoms with van der Waals surface area (Å²) in [4.78, 5) is 22.1. The number of hydrogen-bond donors (Lipinski definition) is 2. The topological polar surface area (TPSA) is 101 Å². The maximum Gasteiger partial charge on any atom is 0.315 e. The molecule has 6 heteroatoms. The number of aryl methyl sites for hydroxylation is 1. The van der Waals surface area contributed by atoms with E-state index in [1.165, 1.54) is 0 Å². The molecule has 0 aliphatic rings. The fourth-order valence-corrected chi connectivity index (χ4v) is 2.01. The summed E-state index contributed by atoms with van der Waals surface area (Å²) >= 11 is 0. The van der Waals surface area contributed by atoms with Crippen LogP contribution in [0, 0.1) is 17.0 Å². The highest BCUT2D eigenvalue weighted by molar-refractivity contribution is 5.99. The van der Waals surface area contributed by atoms with Crippen LogP contribution < -0.4 is 0 Å². The number of hydrogen-bond acceptors (Lipinski definition) is 5. The lowest BCUT2D eigenvalue weighted by molar-refractivity contribution is -0.386. The van der Waals surface area contributed by atoms with Crippen LogP contribution in [0.2, 0.25) is 0 Å². The van der Waals surface area contributed by atoms with Crippen molar-refractivity contribution in [1.29, 1.82) is 0 Å². The quantitative estimate of drug-likeness (QED) is 0.389. The van der Waals surface area contributed by atoms with Gasteiger partial charge in [-0.25, -0.2) is 0 Å². The van der Waals surface area contributed by atoms with Crippen molar-refractivity contribution >= 4 is 11.5 Å². The number of nitro benzene ring substituents is 1. The number of aromatic hydroxyl groups is 2. The molecule has 0 heterocycles. The van der Waals surface area contributed by atoms with Crippen LogP contribution in [0.15, 0.2) is 36.4 Å². The van der Waals surface area contributed by atoms with Gasteiger partial charge in [-0.2, -0.15) is 0 Å². The number of benzene rings is 2. The zero-order valence-corrected chi connectivity index (χ0v) is 11.2. The molecule has 0 bridgehead atoms. The molecular formula is C15H13NO5. The molecule has 0 aliphatic carbocycles. The van der Waals surface area contributed by atoms with Gasteiger partial charge in [0.1, 0.15) is 0 Å². The second kappa shape index (κ2) is 5.62. The fraction of sp³-hybridized carbons (Fsp3) is 0.133. The summed E-state index contributed by atoms with van der Waals surface area (Å²) in [5.74, 6) is -1.90. The molecule has 108 valence electrons. The number of nitro groups is 1. The number of rotatable bonds is 4. The van der Waals surface area contributed by atoms with Crippen molar-refractivity contribution in [2.24, 2.45) is 0 Å². The highest BCUT2D eigenvalue weighted by Gasteiger charge is 2.21. The van der Waals surface area contributed by atoms with E-state index in [-0.39, 0.29) is 17.8 Å². The number of phenols is 2. The van der Waals surface area contributed by atoms with Crippen LogP contribution >= 0.6 is 0 Å². The van der Waals surface area contributed by atoms with E-state index >= 15 is 0 Å². The van der Waals surface area contributed by atoms with Crippen LogP contribution in [0.4, 0.5) is 5.69 Å². The molecule has 0 fully saturated rings. The molecule has 0 unspecified atom stereocenters. The number of carbonyl (C=O) groups excluding carboxylic acids is 1. The standard InChI is InChI=1S/C15H13NO5/c1-9-3-2-4-10(5-9)6-13(17)11-7-12(16(20)21)15(19)14(18)8-11/h2-5,7-8,18-19H,6H2,1H3. The number of phenolic OH excluding ortho intramolecular Hbond substituents is 2. The van der Waals surface area contributed by atoms with Crippen molar-refractivity contribution < 1.29 is 19.9 Å². The van der Waals surface area contributed by atoms with Gasteiger partial charge in [0.25, 0.3) is 0 Å². The van der Waals surface area contributed by atoms with Gasteiger partial charge >= 0.3 is 5.69 Å². The Morgan fingerprint density at radius 2 is 1.95 bits per heavy atom. The Morgan fingerprint density at radius 1 is 1.24 bits per heavy atom. The molecule has 2 rings (SSSR count). The van der Waals surface area contributed by atoms with Crippen molar-refractivity contribution in [3.05, 3.63) is 63.2 Å². The van der Waals surface area contributed by atoms with E-state index in [1.807, 2.05) is 25.1 Å². The van der Waals surface area contributed by atoms with E-state index in [1.54, 1.807) is 6.07 Å². The van der Waals surface area contributed by atoms with Gasteiger partial charge in [-0.3, -0.25) is 14.9 Å². The van der Waals surface area contributed by atoms with E-state index in [4.69, 9.17) is 0 Å². The van der Waals surface area contributed by atoms with Crippen LogP contribution in [-0.4, -0.2) is 20.9 Å². The predicted octanol–water partition coefficient (Wildman–Crippen LogP) is 2.74. The maximum atomic E-state index is 12.1. The molecule has 6 nitrogen and oxygen atoms in total. The molecule has 2 N–H and O–H groups in total. The Balaban J connectivity index is 2.33. The second-order valence-corrected chi connectivity index (χ2v) is 4.71. The normalized spacial score (nSPS) is 10.3. The minimum absolute atomic E-state index is 0.0153. The monoisotopic (exact) mass is 287 g/mol. The van der Waals surface area contributed by atoms with Gasteiger partial charge in [0.2, 0.25) is 5.75 Å². The average Bonchev–Trinajstić information content (AvgIpc) is 2.41. The summed E-state index contributed by atoms with van der Waals surface area (Å²) in [6.45, 7) is 1.89. The Bertz CT molecular complexity index is 724. The molecule has 2 aromatic rings. The maximum absolute atomic E-state index is 12.1. The third-order valence-electron chi connectivity index (χ3n) is 3.04. The van der Waals surface area contributed by atoms with Gasteiger partial charge in [-0.05, 0) is 18.6 Å². The molecule has 0 radical (unpaired) electrons. The lowest BCUT2D eigenvalue weighted by Crippen LogP contribution is -2.04. The molecule has 0 amide bonds. The van der Waals surface area contributed by atoms with Gasteiger partial charge < -0.3 is 10.2 Å². The molecule has 0 saturated carbocycles. The highest BCUT2D eigenvalue weighted by Crippen LogP contribution is 2.36. The van der Waals surface area contributed by atoms with E-state index < -0.39 is 22.1 Å². The van der Waals surface area contributed by atoms with Crippen molar-refractivity contribution in [2.45, 2.75) is 13.3 Å². The SMILES string of the molecule is Cc1cccc(CC(=O)c2cc(O)c(O)c([N+](=O)[O-])c2)c1. The third kappa shape index (κ3) is 3.17.